The third-order valence-electron chi connectivity index (χ3n) is 4.34. The zero-order chi connectivity index (χ0) is 22.2. The molecule has 9 heteroatoms. The van der Waals surface area contributed by atoms with Gasteiger partial charge >= 0.3 is 6.09 Å². The van der Waals surface area contributed by atoms with Crippen LogP contribution in [0.3, 0.4) is 0 Å². The fraction of sp³-hybridized carbons (Fsp3) is 0.333. The van der Waals surface area contributed by atoms with Crippen LogP contribution in [0.2, 0.25) is 0 Å². The van der Waals surface area contributed by atoms with E-state index in [1.165, 1.54) is 25.3 Å². The lowest BCUT2D eigenvalue weighted by Crippen LogP contribution is -2.37. The van der Waals surface area contributed by atoms with Crippen molar-refractivity contribution in [2.45, 2.75) is 46.3 Å². The lowest BCUT2D eigenvalue weighted by molar-refractivity contribution is 0.0505. The Morgan fingerprint density at radius 3 is 2.60 bits per heavy atom. The van der Waals surface area contributed by atoms with E-state index in [-0.39, 0.29) is 28.0 Å². The van der Waals surface area contributed by atoms with Gasteiger partial charge in [0.2, 0.25) is 0 Å². The van der Waals surface area contributed by atoms with E-state index in [4.69, 9.17) is 4.74 Å². The molecule has 3 rings (SSSR count). The van der Waals surface area contributed by atoms with Crippen molar-refractivity contribution in [1.29, 1.82) is 0 Å². The summed E-state index contributed by atoms with van der Waals surface area (Å²) in [4.78, 5) is 33.8. The Kier molecular flexibility index (Phi) is 5.56. The Morgan fingerprint density at radius 1 is 1.23 bits per heavy atom. The lowest BCUT2D eigenvalue weighted by atomic mass is 10.1. The van der Waals surface area contributed by atoms with E-state index in [0.29, 0.717) is 0 Å². The van der Waals surface area contributed by atoms with Gasteiger partial charge in [0.15, 0.2) is 0 Å². The van der Waals surface area contributed by atoms with Crippen molar-refractivity contribution in [2.75, 3.05) is 0 Å². The number of aromatic nitrogens is 3. The van der Waals surface area contributed by atoms with E-state index >= 15 is 0 Å². The van der Waals surface area contributed by atoms with Gasteiger partial charge in [-0.3, -0.25) is 14.3 Å². The van der Waals surface area contributed by atoms with Crippen molar-refractivity contribution in [3.63, 3.8) is 0 Å². The molecule has 3 aromatic rings. The van der Waals surface area contributed by atoms with Crippen molar-refractivity contribution >= 4 is 17.0 Å². The summed E-state index contributed by atoms with van der Waals surface area (Å²) in [5.74, 6) is -1.09. The number of benzene rings is 1. The number of fused-ring (bicyclic) bond motifs is 1. The summed E-state index contributed by atoms with van der Waals surface area (Å²) in [6.07, 6.45) is 1.64. The van der Waals surface area contributed by atoms with Gasteiger partial charge in [-0.25, -0.2) is 18.6 Å². The van der Waals surface area contributed by atoms with E-state index < -0.39 is 34.9 Å². The monoisotopic (exact) mass is 416 g/mol. The Labute approximate surface area is 171 Å². The molecule has 0 saturated carbocycles. The summed E-state index contributed by atoms with van der Waals surface area (Å²) >= 11 is 0. The number of carbonyl (C=O) groups is 1. The topological polar surface area (TPSA) is 86.1 Å². The summed E-state index contributed by atoms with van der Waals surface area (Å²) in [6.45, 7) is 8.26. The van der Waals surface area contributed by atoms with Gasteiger partial charge in [0, 0.05) is 5.56 Å². The average molecular weight is 416 g/mol. The zero-order valence-corrected chi connectivity index (χ0v) is 17.3. The second-order valence-corrected chi connectivity index (χ2v) is 7.91. The van der Waals surface area contributed by atoms with Crippen molar-refractivity contribution in [2.24, 2.45) is 0 Å². The lowest BCUT2D eigenvalue weighted by Gasteiger charge is -2.23. The van der Waals surface area contributed by atoms with Crippen molar-refractivity contribution in [3.8, 4) is 5.69 Å². The molecule has 2 heterocycles. The third-order valence-corrected chi connectivity index (χ3v) is 4.34. The molecular weight excluding hydrogens is 394 g/mol. The van der Waals surface area contributed by atoms with E-state index in [2.05, 4.69) is 15.3 Å². The summed E-state index contributed by atoms with van der Waals surface area (Å²) in [6, 6.07) is 2.84. The zero-order valence-electron chi connectivity index (χ0n) is 17.3. The molecule has 0 saturated heterocycles. The van der Waals surface area contributed by atoms with Crippen LogP contribution in [-0.4, -0.2) is 26.2 Å². The second-order valence-electron chi connectivity index (χ2n) is 7.91. The van der Waals surface area contributed by atoms with Gasteiger partial charge in [-0.1, -0.05) is 0 Å². The number of ether oxygens (including phenoxy) is 1. The van der Waals surface area contributed by atoms with Crippen LogP contribution in [0.15, 0.2) is 35.4 Å². The summed E-state index contributed by atoms with van der Waals surface area (Å²) in [7, 11) is 0. The molecule has 0 radical (unpaired) electrons. The molecule has 1 N–H and O–H groups in total. The van der Waals surface area contributed by atoms with E-state index in [1.54, 1.807) is 27.7 Å². The summed E-state index contributed by atoms with van der Waals surface area (Å²) < 4.78 is 34.3. The molecule has 1 atom stereocenters. The fourth-order valence-corrected chi connectivity index (χ4v) is 2.96. The normalized spacial score (nSPS) is 12.6. The van der Waals surface area contributed by atoms with Gasteiger partial charge in [0.25, 0.3) is 5.56 Å². The third kappa shape index (κ3) is 4.29. The predicted octanol–water partition coefficient (Wildman–Crippen LogP) is 3.95. The predicted molar refractivity (Wildman–Crippen MR) is 108 cm³/mol. The maximum Gasteiger partial charge on any atom is 0.408 e. The molecule has 0 aliphatic heterocycles. The highest BCUT2D eigenvalue weighted by Gasteiger charge is 2.24. The van der Waals surface area contributed by atoms with Crippen LogP contribution in [0.25, 0.3) is 16.6 Å². The maximum absolute atomic E-state index is 14.2. The Bertz CT molecular complexity index is 1190. The van der Waals surface area contributed by atoms with Crippen LogP contribution in [0.1, 0.15) is 45.1 Å². The van der Waals surface area contributed by atoms with Crippen molar-refractivity contribution in [1.82, 2.24) is 19.9 Å². The van der Waals surface area contributed by atoms with Crippen LogP contribution < -0.4 is 10.9 Å². The molecule has 2 aromatic heterocycles. The number of rotatable bonds is 3. The minimum atomic E-state index is -0.787. The molecule has 0 aliphatic carbocycles. The number of hydrogen-bond acceptors (Lipinski definition) is 5. The Morgan fingerprint density at radius 2 is 1.93 bits per heavy atom. The van der Waals surface area contributed by atoms with Crippen LogP contribution in [0.5, 0.6) is 0 Å². The van der Waals surface area contributed by atoms with Gasteiger partial charge in [-0.2, -0.15) is 0 Å². The molecule has 0 spiro atoms. The molecular formula is C21H22F2N4O3. The number of carbonyl (C=O) groups excluding carboxylic acids is 1. The maximum atomic E-state index is 14.2. The highest BCUT2D eigenvalue weighted by Crippen LogP contribution is 2.22. The number of nitrogens with zero attached hydrogens (tertiary/aromatic N) is 3. The van der Waals surface area contributed by atoms with Gasteiger partial charge < -0.3 is 10.1 Å². The number of alkyl carbamates (subject to hydrolysis) is 1. The molecule has 0 unspecified atom stereocenters. The summed E-state index contributed by atoms with van der Waals surface area (Å²) in [5, 5.41) is 2.65. The van der Waals surface area contributed by atoms with Gasteiger partial charge in [0.05, 0.1) is 35.0 Å². The number of hydrogen-bond donors (Lipinski definition) is 1. The molecule has 1 aromatic carbocycles. The highest BCUT2D eigenvalue weighted by molar-refractivity contribution is 5.78. The first-order valence-corrected chi connectivity index (χ1v) is 9.30. The van der Waals surface area contributed by atoms with Gasteiger partial charge in [0.1, 0.15) is 23.1 Å². The highest BCUT2D eigenvalue weighted by atomic mass is 19.1. The molecule has 0 aliphatic rings. The number of halogens is 2. The van der Waals surface area contributed by atoms with Crippen LogP contribution >= 0.6 is 0 Å². The minimum Gasteiger partial charge on any atom is -0.444 e. The first-order chi connectivity index (χ1) is 14.0. The first kappa shape index (κ1) is 21.4. The van der Waals surface area contributed by atoms with Crippen LogP contribution in [0.4, 0.5) is 13.6 Å². The quantitative estimate of drug-likeness (QED) is 0.699. The van der Waals surface area contributed by atoms with Crippen molar-refractivity contribution in [3.05, 3.63) is 64.0 Å². The number of amides is 1. The number of nitrogens with one attached hydrogen (secondary N) is 1. The van der Waals surface area contributed by atoms with Gasteiger partial charge in [-0.05, 0) is 52.8 Å². The minimum absolute atomic E-state index is 0.0203. The van der Waals surface area contributed by atoms with E-state index in [0.717, 1.165) is 16.8 Å². The Balaban J connectivity index is 2.22. The number of pyridine rings is 1. The Hall–Kier alpha value is -3.36. The molecule has 0 bridgehead atoms. The largest absolute Gasteiger partial charge is 0.444 e. The molecule has 0 fully saturated rings. The molecule has 1 amide bonds. The van der Waals surface area contributed by atoms with Gasteiger partial charge in [-0.15, -0.1) is 0 Å². The van der Waals surface area contributed by atoms with Crippen molar-refractivity contribution < 1.29 is 18.3 Å². The second kappa shape index (κ2) is 7.81. The molecule has 7 nitrogen and oxygen atoms in total. The van der Waals surface area contributed by atoms with E-state index in [9.17, 15) is 18.4 Å². The van der Waals surface area contributed by atoms with Crippen LogP contribution in [0, 0.1) is 18.6 Å². The molecule has 30 heavy (non-hydrogen) atoms. The average Bonchev–Trinajstić information content (AvgIpc) is 2.63. The standard InChI is InChI=1S/C21H22F2N4O3/c1-11-15(23)9-24-10-17(11)27-18(12(2)25-20(29)30-21(3,4)5)26-16-7-6-13(22)8-14(16)19(27)28/h6-10,12H,1-5H3,(H,25,29)/t12-/m0/s1. The SMILES string of the molecule is Cc1c(F)cncc1-n1c([C@H](C)NC(=O)OC(C)(C)C)nc2ccc(F)cc2c1=O. The fourth-order valence-electron chi connectivity index (χ4n) is 2.96. The first-order valence-electron chi connectivity index (χ1n) is 9.30. The van der Waals surface area contributed by atoms with E-state index in [1.807, 2.05) is 0 Å². The molecule has 158 valence electrons. The summed E-state index contributed by atoms with van der Waals surface area (Å²) in [5.41, 5.74) is -0.779. The smallest absolute Gasteiger partial charge is 0.408 e. The van der Waals surface area contributed by atoms with Crippen LogP contribution in [-0.2, 0) is 4.74 Å².